The van der Waals surface area contributed by atoms with E-state index in [9.17, 15) is 24.3 Å². The predicted molar refractivity (Wildman–Crippen MR) is 181 cm³/mol. The van der Waals surface area contributed by atoms with Crippen LogP contribution in [-0.2, 0) is 27.3 Å². The first kappa shape index (κ1) is 35.2. The van der Waals surface area contributed by atoms with Gasteiger partial charge in [0.15, 0.2) is 6.04 Å². The lowest BCUT2D eigenvalue weighted by atomic mass is 9.78. The summed E-state index contributed by atoms with van der Waals surface area (Å²) in [6.45, 7) is 6.62. The number of ether oxygens (including phenoxy) is 2. The van der Waals surface area contributed by atoms with Crippen molar-refractivity contribution < 1.29 is 33.8 Å². The van der Waals surface area contributed by atoms with Crippen LogP contribution in [-0.4, -0.2) is 75.7 Å². The van der Waals surface area contributed by atoms with Crippen LogP contribution in [0.2, 0.25) is 0 Å². The number of aliphatic carboxylic acids is 1. The monoisotopic (exact) mass is 662 g/mol. The number of benzene rings is 1. The number of nitrogens with zero attached hydrogens (tertiary/aromatic N) is 4. The van der Waals surface area contributed by atoms with Crippen molar-refractivity contribution in [3.8, 4) is 5.75 Å². The second kappa shape index (κ2) is 15.4. The number of carbonyl (C=O) groups is 4. The number of amides is 4. The molecule has 48 heavy (non-hydrogen) atoms. The Labute approximate surface area is 283 Å². The van der Waals surface area contributed by atoms with Crippen LogP contribution in [0.1, 0.15) is 89.7 Å². The number of anilines is 1. The summed E-state index contributed by atoms with van der Waals surface area (Å²) in [5.41, 5.74) is 0.694. The van der Waals surface area contributed by atoms with Crippen LogP contribution < -0.4 is 9.64 Å². The molecule has 1 aromatic heterocycles. The highest BCUT2D eigenvalue weighted by molar-refractivity contribution is 6.07. The predicted octanol–water partition coefficient (Wildman–Crippen LogP) is 6.68. The van der Waals surface area contributed by atoms with Gasteiger partial charge in [-0.25, -0.2) is 24.3 Å². The van der Waals surface area contributed by atoms with E-state index in [1.54, 1.807) is 57.0 Å². The number of methoxy groups -OCH3 is 1. The summed E-state index contributed by atoms with van der Waals surface area (Å²) in [5, 5.41) is 10.2. The maximum atomic E-state index is 13.7. The smallest absolute Gasteiger partial charge is 0.416 e. The highest BCUT2D eigenvalue weighted by Crippen LogP contribution is 2.36. The Morgan fingerprint density at radius 1 is 0.938 bits per heavy atom. The molecule has 11 heteroatoms. The van der Waals surface area contributed by atoms with E-state index in [1.807, 2.05) is 12.1 Å². The highest BCUT2D eigenvalue weighted by atomic mass is 16.6. The van der Waals surface area contributed by atoms with Crippen molar-refractivity contribution in [2.24, 2.45) is 17.8 Å². The SMILES string of the molecule is COc1ccc(CN(C(=O)OC(C)(C)C)c2cc(CC3C(=O)N(C(=O)N4CCCC(C5CCCCCCC5)C4)[C@@H]3C(=O)O)ccn2)cc1. The van der Waals surface area contributed by atoms with Gasteiger partial charge < -0.3 is 19.5 Å². The summed E-state index contributed by atoms with van der Waals surface area (Å²) in [4.78, 5) is 61.6. The fourth-order valence-electron chi connectivity index (χ4n) is 7.38. The second-order valence-corrected chi connectivity index (χ2v) is 14.5. The number of likely N-dealkylation sites (tertiary alicyclic amines) is 2. The van der Waals surface area contributed by atoms with Gasteiger partial charge in [0, 0.05) is 19.3 Å². The molecule has 0 spiro atoms. The van der Waals surface area contributed by atoms with Crippen LogP contribution >= 0.6 is 0 Å². The van der Waals surface area contributed by atoms with Crippen LogP contribution in [0, 0.1) is 17.8 Å². The molecule has 0 radical (unpaired) electrons. The molecule has 1 N–H and O–H groups in total. The van der Waals surface area contributed by atoms with Crippen molar-refractivity contribution in [3.63, 3.8) is 0 Å². The molecule has 2 aromatic rings. The Bertz CT molecular complexity index is 1450. The van der Waals surface area contributed by atoms with Gasteiger partial charge in [0.05, 0.1) is 19.6 Å². The number of urea groups is 1. The van der Waals surface area contributed by atoms with E-state index in [1.165, 1.54) is 56.0 Å². The summed E-state index contributed by atoms with van der Waals surface area (Å²) in [6, 6.07) is 8.91. The zero-order valence-electron chi connectivity index (χ0n) is 28.7. The summed E-state index contributed by atoms with van der Waals surface area (Å²) in [5.74, 6) is -0.656. The van der Waals surface area contributed by atoms with E-state index < -0.39 is 41.6 Å². The molecule has 1 aliphatic carbocycles. The lowest BCUT2D eigenvalue weighted by Gasteiger charge is -2.47. The number of β-lactam (4-membered cyclic amide) rings is 1. The Balaban J connectivity index is 1.30. The maximum Gasteiger partial charge on any atom is 0.416 e. The normalized spacial score (nSPS) is 22.2. The molecule has 260 valence electrons. The Morgan fingerprint density at radius 2 is 1.60 bits per heavy atom. The lowest BCUT2D eigenvalue weighted by molar-refractivity contribution is -0.166. The third-order valence-electron chi connectivity index (χ3n) is 9.87. The molecule has 1 aromatic carbocycles. The van der Waals surface area contributed by atoms with Gasteiger partial charge in [0.2, 0.25) is 5.91 Å². The zero-order valence-corrected chi connectivity index (χ0v) is 28.7. The highest BCUT2D eigenvalue weighted by Gasteiger charge is 2.56. The summed E-state index contributed by atoms with van der Waals surface area (Å²) < 4.78 is 10.9. The molecule has 1 saturated carbocycles. The van der Waals surface area contributed by atoms with Gasteiger partial charge in [0.25, 0.3) is 0 Å². The zero-order chi connectivity index (χ0) is 34.4. The molecule has 4 amide bonds. The van der Waals surface area contributed by atoms with E-state index >= 15 is 0 Å². The number of rotatable bonds is 8. The van der Waals surface area contributed by atoms with Crippen LogP contribution in [0.4, 0.5) is 15.4 Å². The molecule has 11 nitrogen and oxygen atoms in total. The van der Waals surface area contributed by atoms with Gasteiger partial charge in [0.1, 0.15) is 17.2 Å². The molecular weight excluding hydrogens is 612 g/mol. The molecule has 5 rings (SSSR count). The molecule has 3 atom stereocenters. The first-order chi connectivity index (χ1) is 22.9. The van der Waals surface area contributed by atoms with Gasteiger partial charge in [-0.2, -0.15) is 0 Å². The van der Waals surface area contributed by atoms with Crippen LogP contribution in [0.25, 0.3) is 0 Å². The largest absolute Gasteiger partial charge is 0.497 e. The Hall–Kier alpha value is -4.15. The van der Waals surface area contributed by atoms with Gasteiger partial charge in [-0.3, -0.25) is 9.69 Å². The van der Waals surface area contributed by atoms with Gasteiger partial charge >= 0.3 is 18.1 Å². The Morgan fingerprint density at radius 3 is 2.25 bits per heavy atom. The van der Waals surface area contributed by atoms with Crippen molar-refractivity contribution in [1.82, 2.24) is 14.8 Å². The van der Waals surface area contributed by atoms with Gasteiger partial charge in [-0.1, -0.05) is 57.1 Å². The maximum absolute atomic E-state index is 13.7. The van der Waals surface area contributed by atoms with E-state index in [-0.39, 0.29) is 13.0 Å². The summed E-state index contributed by atoms with van der Waals surface area (Å²) >= 11 is 0. The molecular formula is C37H50N4O7. The van der Waals surface area contributed by atoms with Crippen molar-refractivity contribution in [1.29, 1.82) is 0 Å². The molecule has 3 heterocycles. The van der Waals surface area contributed by atoms with Crippen molar-refractivity contribution in [2.45, 2.75) is 103 Å². The average Bonchev–Trinajstić information content (AvgIpc) is 3.04. The molecule has 3 aliphatic rings. The van der Waals surface area contributed by atoms with Crippen LogP contribution in [0.15, 0.2) is 42.6 Å². The summed E-state index contributed by atoms with van der Waals surface area (Å²) in [7, 11) is 1.58. The quantitative estimate of drug-likeness (QED) is 0.310. The minimum atomic E-state index is -1.26. The Kier molecular flexibility index (Phi) is 11.3. The number of pyridine rings is 1. The molecule has 2 aliphatic heterocycles. The van der Waals surface area contributed by atoms with E-state index in [0.29, 0.717) is 42.1 Å². The average molecular weight is 663 g/mol. The van der Waals surface area contributed by atoms with E-state index in [0.717, 1.165) is 23.3 Å². The van der Waals surface area contributed by atoms with Crippen molar-refractivity contribution >= 4 is 29.8 Å². The fraction of sp³-hybridized carbons (Fsp3) is 0.595. The van der Waals surface area contributed by atoms with Crippen molar-refractivity contribution in [2.75, 3.05) is 25.1 Å². The van der Waals surface area contributed by atoms with Crippen LogP contribution in [0.3, 0.4) is 0 Å². The standard InChI is InChI=1S/C37H50N4O7/c1-37(2,3)48-36(46)40(23-25-14-16-29(47-4)17-15-25)31-22-26(18-19-38-31)21-30-32(34(43)44)41(33(30)42)35(45)39-20-10-13-28(24-39)27-11-8-6-5-7-9-12-27/h14-19,22,27-28,30,32H,5-13,20-21,23-24H2,1-4H3,(H,43,44)/t28?,30?,32-/m0/s1. The number of aromatic nitrogens is 1. The minimum Gasteiger partial charge on any atom is -0.497 e. The number of carboxylic acids is 1. The fourth-order valence-corrected chi connectivity index (χ4v) is 7.38. The van der Waals surface area contributed by atoms with Gasteiger partial charge in [-0.15, -0.1) is 0 Å². The number of hydrogen-bond donors (Lipinski definition) is 1. The summed E-state index contributed by atoms with van der Waals surface area (Å²) in [6.07, 6.45) is 11.6. The van der Waals surface area contributed by atoms with Crippen LogP contribution in [0.5, 0.6) is 5.75 Å². The number of carboxylic acid groups (broad SMARTS) is 1. The van der Waals surface area contributed by atoms with Gasteiger partial charge in [-0.05, 0) is 87.3 Å². The topological polar surface area (TPSA) is 130 Å². The number of piperidine rings is 1. The third-order valence-corrected chi connectivity index (χ3v) is 9.87. The molecule has 3 fully saturated rings. The van der Waals surface area contributed by atoms with E-state index in [4.69, 9.17) is 9.47 Å². The number of imide groups is 1. The minimum absolute atomic E-state index is 0.0878. The molecule has 0 bridgehead atoms. The number of hydrogen-bond acceptors (Lipinski definition) is 7. The first-order valence-electron chi connectivity index (χ1n) is 17.4. The first-order valence-corrected chi connectivity index (χ1v) is 17.4. The molecule has 2 unspecified atom stereocenters. The number of carbonyl (C=O) groups excluding carboxylic acids is 3. The van der Waals surface area contributed by atoms with Crippen molar-refractivity contribution in [3.05, 3.63) is 53.7 Å². The third kappa shape index (κ3) is 8.46. The molecule has 2 saturated heterocycles. The lowest BCUT2D eigenvalue weighted by Crippen LogP contribution is -2.69. The second-order valence-electron chi connectivity index (χ2n) is 14.5. The van der Waals surface area contributed by atoms with E-state index in [2.05, 4.69) is 4.98 Å².